The molecular formula is C12H21N3. The Morgan fingerprint density at radius 1 is 1.47 bits per heavy atom. The van der Waals surface area contributed by atoms with Gasteiger partial charge in [0.1, 0.15) is 0 Å². The predicted molar refractivity (Wildman–Crippen MR) is 61.6 cm³/mol. The van der Waals surface area contributed by atoms with Crippen LogP contribution in [-0.2, 0) is 6.54 Å². The molecule has 1 N–H and O–H groups in total. The molecule has 84 valence electrons. The van der Waals surface area contributed by atoms with Crippen LogP contribution in [0.1, 0.15) is 26.7 Å². The summed E-state index contributed by atoms with van der Waals surface area (Å²) in [5.41, 5.74) is 0.615. The van der Waals surface area contributed by atoms with E-state index in [0.717, 1.165) is 19.0 Å². The number of aromatic nitrogens is 2. The maximum atomic E-state index is 4.18. The molecule has 1 aliphatic rings. The van der Waals surface area contributed by atoms with Crippen LogP contribution >= 0.6 is 0 Å². The quantitative estimate of drug-likeness (QED) is 0.722. The van der Waals surface area contributed by atoms with Crippen molar-refractivity contribution in [1.29, 1.82) is 0 Å². The Hall–Kier alpha value is -0.830. The van der Waals surface area contributed by atoms with Crippen LogP contribution in [0.15, 0.2) is 18.5 Å². The lowest BCUT2D eigenvalue weighted by atomic mass is 9.92. The average Bonchev–Trinajstić information content (AvgIpc) is 2.83. The molecule has 1 fully saturated rings. The van der Waals surface area contributed by atoms with Gasteiger partial charge in [-0.3, -0.25) is 4.68 Å². The molecule has 3 heteroatoms. The molecule has 0 saturated heterocycles. The lowest BCUT2D eigenvalue weighted by molar-refractivity contribution is 0.335. The normalized spacial score (nSPS) is 18.3. The first-order chi connectivity index (χ1) is 7.23. The summed E-state index contributed by atoms with van der Waals surface area (Å²) in [6.45, 7) is 7.84. The minimum atomic E-state index is 0.615. The Morgan fingerprint density at radius 2 is 2.27 bits per heavy atom. The minimum absolute atomic E-state index is 0.615. The van der Waals surface area contributed by atoms with E-state index in [-0.39, 0.29) is 0 Å². The van der Waals surface area contributed by atoms with Gasteiger partial charge in [0.05, 0.1) is 6.54 Å². The van der Waals surface area contributed by atoms with Crippen LogP contribution in [0, 0.1) is 11.3 Å². The van der Waals surface area contributed by atoms with Gasteiger partial charge >= 0.3 is 0 Å². The highest BCUT2D eigenvalue weighted by molar-refractivity contribution is 4.96. The summed E-state index contributed by atoms with van der Waals surface area (Å²) in [7, 11) is 0. The molecule has 2 rings (SSSR count). The first-order valence-corrected chi connectivity index (χ1v) is 5.91. The summed E-state index contributed by atoms with van der Waals surface area (Å²) >= 11 is 0. The Balaban J connectivity index is 1.63. The molecule has 1 heterocycles. The second-order valence-corrected chi connectivity index (χ2v) is 4.96. The van der Waals surface area contributed by atoms with E-state index in [1.54, 1.807) is 0 Å². The smallest absolute Gasteiger partial charge is 0.0533 e. The number of nitrogens with zero attached hydrogens (tertiary/aromatic N) is 2. The lowest BCUT2D eigenvalue weighted by Gasteiger charge is -2.19. The van der Waals surface area contributed by atoms with Crippen LogP contribution in [0.2, 0.25) is 0 Å². The third-order valence-corrected chi connectivity index (χ3v) is 3.67. The van der Waals surface area contributed by atoms with Crippen molar-refractivity contribution in [2.45, 2.75) is 33.2 Å². The summed E-state index contributed by atoms with van der Waals surface area (Å²) in [6, 6.07) is 1.97. The van der Waals surface area contributed by atoms with E-state index in [9.17, 15) is 0 Å². The van der Waals surface area contributed by atoms with E-state index in [1.807, 2.05) is 23.1 Å². The molecule has 0 amide bonds. The molecule has 0 aromatic carbocycles. The second-order valence-electron chi connectivity index (χ2n) is 4.96. The Bertz CT molecular complexity index is 286. The van der Waals surface area contributed by atoms with E-state index in [1.165, 1.54) is 19.4 Å². The molecule has 3 nitrogen and oxygen atoms in total. The monoisotopic (exact) mass is 207 g/mol. The maximum Gasteiger partial charge on any atom is 0.0533 e. The molecule has 0 bridgehead atoms. The summed E-state index contributed by atoms with van der Waals surface area (Å²) < 4.78 is 1.97. The number of nitrogens with one attached hydrogen (secondary N) is 1. The number of hydrogen-bond acceptors (Lipinski definition) is 2. The number of hydrogen-bond donors (Lipinski definition) is 1. The van der Waals surface area contributed by atoms with Gasteiger partial charge < -0.3 is 5.32 Å². The van der Waals surface area contributed by atoms with Gasteiger partial charge in [-0.15, -0.1) is 0 Å². The highest BCUT2D eigenvalue weighted by atomic mass is 15.3. The Morgan fingerprint density at radius 3 is 2.80 bits per heavy atom. The fourth-order valence-electron chi connectivity index (χ4n) is 2.08. The van der Waals surface area contributed by atoms with Crippen molar-refractivity contribution in [3.8, 4) is 0 Å². The average molecular weight is 207 g/mol. The molecule has 1 aromatic rings. The van der Waals surface area contributed by atoms with Crippen LogP contribution in [-0.4, -0.2) is 22.9 Å². The highest BCUT2D eigenvalue weighted by Gasteiger charge is 2.44. The summed E-state index contributed by atoms with van der Waals surface area (Å²) in [6.07, 6.45) is 6.65. The maximum absolute atomic E-state index is 4.18. The molecule has 0 radical (unpaired) electrons. The minimum Gasteiger partial charge on any atom is -0.314 e. The molecule has 1 aliphatic carbocycles. The van der Waals surface area contributed by atoms with Gasteiger partial charge in [0.15, 0.2) is 0 Å². The van der Waals surface area contributed by atoms with E-state index < -0.39 is 0 Å². The molecular weight excluding hydrogens is 186 g/mol. The van der Waals surface area contributed by atoms with E-state index in [2.05, 4.69) is 24.3 Å². The topological polar surface area (TPSA) is 29.9 Å². The summed E-state index contributed by atoms with van der Waals surface area (Å²) in [5, 5.41) is 7.72. The zero-order valence-electron chi connectivity index (χ0n) is 9.74. The van der Waals surface area contributed by atoms with E-state index in [4.69, 9.17) is 0 Å². The van der Waals surface area contributed by atoms with Crippen molar-refractivity contribution in [3.05, 3.63) is 18.5 Å². The Kier molecular flexibility index (Phi) is 3.10. The summed E-state index contributed by atoms with van der Waals surface area (Å²) in [4.78, 5) is 0. The van der Waals surface area contributed by atoms with Crippen LogP contribution in [0.25, 0.3) is 0 Å². The van der Waals surface area contributed by atoms with Gasteiger partial charge in [-0.1, -0.05) is 13.8 Å². The van der Waals surface area contributed by atoms with Crippen molar-refractivity contribution < 1.29 is 0 Å². The van der Waals surface area contributed by atoms with Crippen LogP contribution in [0.3, 0.4) is 0 Å². The SMILES string of the molecule is CC(C)C1(CNCCn2cccn2)CC1. The second kappa shape index (κ2) is 4.35. The fraction of sp³-hybridized carbons (Fsp3) is 0.750. The van der Waals surface area contributed by atoms with Crippen LogP contribution in [0.4, 0.5) is 0 Å². The zero-order valence-corrected chi connectivity index (χ0v) is 9.74. The fourth-order valence-corrected chi connectivity index (χ4v) is 2.08. The van der Waals surface area contributed by atoms with Gasteiger partial charge in [-0.25, -0.2) is 0 Å². The molecule has 1 aromatic heterocycles. The lowest BCUT2D eigenvalue weighted by Crippen LogP contribution is -2.30. The first-order valence-electron chi connectivity index (χ1n) is 5.91. The van der Waals surface area contributed by atoms with Crippen molar-refractivity contribution in [2.24, 2.45) is 11.3 Å². The predicted octanol–water partition coefficient (Wildman–Crippen LogP) is 1.91. The van der Waals surface area contributed by atoms with Crippen molar-refractivity contribution in [1.82, 2.24) is 15.1 Å². The third-order valence-electron chi connectivity index (χ3n) is 3.67. The zero-order chi connectivity index (χ0) is 10.7. The van der Waals surface area contributed by atoms with Crippen LogP contribution < -0.4 is 5.32 Å². The van der Waals surface area contributed by atoms with Gasteiger partial charge in [-0.05, 0) is 30.2 Å². The van der Waals surface area contributed by atoms with Gasteiger partial charge in [0.25, 0.3) is 0 Å². The molecule has 1 saturated carbocycles. The van der Waals surface area contributed by atoms with Gasteiger partial charge in [-0.2, -0.15) is 5.10 Å². The highest BCUT2D eigenvalue weighted by Crippen LogP contribution is 2.51. The van der Waals surface area contributed by atoms with Crippen molar-refractivity contribution in [2.75, 3.05) is 13.1 Å². The molecule has 0 spiro atoms. The van der Waals surface area contributed by atoms with Gasteiger partial charge in [0, 0.05) is 25.5 Å². The van der Waals surface area contributed by atoms with Gasteiger partial charge in [0.2, 0.25) is 0 Å². The number of rotatable bonds is 6. The summed E-state index contributed by atoms with van der Waals surface area (Å²) in [5.74, 6) is 0.815. The van der Waals surface area contributed by atoms with Crippen molar-refractivity contribution in [3.63, 3.8) is 0 Å². The Labute approximate surface area is 91.9 Å². The third kappa shape index (κ3) is 2.59. The largest absolute Gasteiger partial charge is 0.314 e. The molecule has 15 heavy (non-hydrogen) atoms. The van der Waals surface area contributed by atoms with E-state index >= 15 is 0 Å². The van der Waals surface area contributed by atoms with Crippen LogP contribution in [0.5, 0.6) is 0 Å². The van der Waals surface area contributed by atoms with E-state index in [0.29, 0.717) is 5.41 Å². The standard InChI is InChI=1S/C12H21N3/c1-11(2)12(4-5-12)10-13-7-9-15-8-3-6-14-15/h3,6,8,11,13H,4-5,7,9-10H2,1-2H3. The molecule has 0 atom stereocenters. The van der Waals surface area contributed by atoms with Crippen molar-refractivity contribution >= 4 is 0 Å². The first kappa shape index (κ1) is 10.7. The molecule has 0 aliphatic heterocycles. The molecule has 0 unspecified atom stereocenters.